The molecule has 1 radical (unpaired) electrons. The molecule has 7 heteroatoms. The molecule has 0 aliphatic carbocycles. The number of aliphatic hydroxyl groups excluding tert-OH is 1. The fraction of sp³-hybridized carbons (Fsp3) is 0.314. The number of thiophene rings is 3. The average Bonchev–Trinajstić information content (AvgIpc) is 3.69. The molecule has 4 heterocycles. The molecule has 0 saturated carbocycles. The summed E-state index contributed by atoms with van der Waals surface area (Å²) in [6.07, 6.45) is 6.84. The molecule has 42 heavy (non-hydrogen) atoms. The molecule has 0 atom stereocenters. The van der Waals surface area contributed by atoms with E-state index in [1.165, 1.54) is 52.0 Å². The van der Waals surface area contributed by atoms with Gasteiger partial charge in [-0.15, -0.1) is 28.1 Å². The van der Waals surface area contributed by atoms with E-state index in [1.54, 1.807) is 11.3 Å². The van der Waals surface area contributed by atoms with Gasteiger partial charge in [-0.25, -0.2) is 11.3 Å². The molecule has 0 saturated heterocycles. The number of ketones is 1. The first-order valence-corrected chi connectivity index (χ1v) is 16.9. The SMILES string of the molecule is CCC(CC)C(=O)/C=C(\O)C(CC)CC.Cc1[c-]c(-c2nccc3c2sc2c3ccc3c4ccccc4sc32)sc1.[Ir]. The number of rotatable bonds is 8. The Morgan fingerprint density at radius 3 is 2.12 bits per heavy atom. The number of carbonyl (C=O) groups excluding carboxylic acids is 1. The second-order valence-corrected chi connectivity index (χ2v) is 13.4. The van der Waals surface area contributed by atoms with Gasteiger partial charge in [0.15, 0.2) is 5.78 Å². The van der Waals surface area contributed by atoms with Crippen LogP contribution in [0.3, 0.4) is 0 Å². The van der Waals surface area contributed by atoms with Gasteiger partial charge >= 0.3 is 0 Å². The van der Waals surface area contributed by atoms with Crippen LogP contribution in [0.1, 0.15) is 58.9 Å². The van der Waals surface area contributed by atoms with E-state index < -0.39 is 0 Å². The Hall–Kier alpha value is -2.41. The van der Waals surface area contributed by atoms with Crippen LogP contribution in [0.2, 0.25) is 0 Å². The second-order valence-electron chi connectivity index (χ2n) is 10.4. The number of aliphatic hydroxyl groups is 1. The summed E-state index contributed by atoms with van der Waals surface area (Å²) in [6, 6.07) is 18.9. The predicted octanol–water partition coefficient (Wildman–Crippen LogP) is 11.5. The Balaban J connectivity index is 0.000000221. The molecule has 0 unspecified atom stereocenters. The van der Waals surface area contributed by atoms with Crippen LogP contribution in [0.15, 0.2) is 65.9 Å². The zero-order valence-corrected chi connectivity index (χ0v) is 29.5. The minimum Gasteiger partial charge on any atom is -0.512 e. The number of nitrogens with zero attached hydrogens (tertiary/aromatic N) is 1. The second kappa shape index (κ2) is 14.4. The summed E-state index contributed by atoms with van der Waals surface area (Å²) < 4.78 is 5.39. The van der Waals surface area contributed by atoms with Crippen molar-refractivity contribution in [3.05, 3.63) is 77.5 Å². The van der Waals surface area contributed by atoms with Gasteiger partial charge in [0.2, 0.25) is 0 Å². The summed E-state index contributed by atoms with van der Waals surface area (Å²) in [5.41, 5.74) is 2.24. The molecular formula is C35H36IrNO2S3-. The molecule has 3 nitrogen and oxygen atoms in total. The molecule has 0 spiro atoms. The van der Waals surface area contributed by atoms with Gasteiger partial charge in [-0.1, -0.05) is 69.8 Å². The number of hydrogen-bond acceptors (Lipinski definition) is 6. The zero-order valence-electron chi connectivity index (χ0n) is 24.6. The van der Waals surface area contributed by atoms with Gasteiger partial charge in [-0.3, -0.25) is 4.79 Å². The molecular weight excluding hydrogens is 755 g/mol. The smallest absolute Gasteiger partial charge is 0.162 e. The van der Waals surface area contributed by atoms with Crippen molar-refractivity contribution in [3.63, 3.8) is 0 Å². The molecule has 0 aliphatic rings. The Labute approximate surface area is 273 Å². The Morgan fingerprint density at radius 2 is 1.48 bits per heavy atom. The monoisotopic (exact) mass is 791 g/mol. The van der Waals surface area contributed by atoms with Crippen molar-refractivity contribution in [3.8, 4) is 10.6 Å². The third kappa shape index (κ3) is 6.41. The number of benzene rings is 2. The van der Waals surface area contributed by atoms with Crippen molar-refractivity contribution >= 4 is 80.1 Å². The standard InChI is InChI=1S/C22H12NS3.C13H24O2.Ir/c1-12-10-18(24-11-12)19-20-16(8-9-23-19)15-7-6-14-13-4-2-3-5-17(13)25-21(14)22(15)26-20;1-5-10(6-2)12(14)9-13(15)11(7-3)8-4;/h2-9,11H,1H3;9-11,14H,5-8H2,1-4H3;/q-1;;/b;12-9-;. The molecule has 0 fully saturated rings. The van der Waals surface area contributed by atoms with E-state index in [0.29, 0.717) is 0 Å². The molecule has 0 aliphatic heterocycles. The Morgan fingerprint density at radius 1 is 0.857 bits per heavy atom. The molecule has 6 aromatic rings. The normalized spacial score (nSPS) is 11.9. The average molecular weight is 791 g/mol. The molecule has 0 bridgehead atoms. The summed E-state index contributed by atoms with van der Waals surface area (Å²) in [6.45, 7) is 10.2. The van der Waals surface area contributed by atoms with Gasteiger partial charge in [0, 0.05) is 69.8 Å². The summed E-state index contributed by atoms with van der Waals surface area (Å²) in [4.78, 5) is 17.5. The maximum atomic E-state index is 11.7. The number of hydrogen-bond donors (Lipinski definition) is 1. The third-order valence-electron chi connectivity index (χ3n) is 7.86. The number of aromatic nitrogens is 1. The van der Waals surface area contributed by atoms with Crippen LogP contribution in [0.5, 0.6) is 0 Å². The van der Waals surface area contributed by atoms with Gasteiger partial charge in [-0.2, -0.15) is 11.6 Å². The molecule has 6 rings (SSSR count). The van der Waals surface area contributed by atoms with Crippen LogP contribution in [0.25, 0.3) is 50.9 Å². The maximum absolute atomic E-state index is 11.7. The van der Waals surface area contributed by atoms with Crippen LogP contribution < -0.4 is 0 Å². The molecule has 221 valence electrons. The van der Waals surface area contributed by atoms with Crippen molar-refractivity contribution in [2.45, 2.75) is 60.3 Å². The summed E-state index contributed by atoms with van der Waals surface area (Å²) in [5, 5.41) is 17.3. The van der Waals surface area contributed by atoms with E-state index in [-0.39, 0.29) is 43.5 Å². The summed E-state index contributed by atoms with van der Waals surface area (Å²) in [7, 11) is 0. The summed E-state index contributed by atoms with van der Waals surface area (Å²) in [5.74, 6) is 0.547. The van der Waals surface area contributed by atoms with Crippen molar-refractivity contribution in [2.24, 2.45) is 11.8 Å². The first-order chi connectivity index (χ1) is 19.9. The van der Waals surface area contributed by atoms with Crippen molar-refractivity contribution in [2.75, 3.05) is 0 Å². The molecule has 4 aromatic heterocycles. The maximum Gasteiger partial charge on any atom is 0.162 e. The summed E-state index contributed by atoms with van der Waals surface area (Å²) >= 11 is 5.49. The number of carbonyl (C=O) groups is 1. The predicted molar refractivity (Wildman–Crippen MR) is 181 cm³/mol. The molecule has 0 amide bonds. The van der Waals surface area contributed by atoms with Gasteiger partial charge < -0.3 is 10.1 Å². The molecule has 2 aromatic carbocycles. The van der Waals surface area contributed by atoms with Crippen molar-refractivity contribution in [1.29, 1.82) is 0 Å². The number of allylic oxidation sites excluding steroid dienone is 2. The quantitative estimate of drug-likeness (QED) is 0.0949. The van der Waals surface area contributed by atoms with Gasteiger partial charge in [0.25, 0.3) is 0 Å². The van der Waals surface area contributed by atoms with E-state index in [1.807, 2.05) is 56.6 Å². The van der Waals surface area contributed by atoms with Crippen LogP contribution in [-0.2, 0) is 24.9 Å². The number of aryl methyl sites for hydroxylation is 1. The van der Waals surface area contributed by atoms with Crippen LogP contribution in [0.4, 0.5) is 0 Å². The van der Waals surface area contributed by atoms with E-state index >= 15 is 0 Å². The van der Waals surface area contributed by atoms with E-state index in [4.69, 9.17) is 4.98 Å². The van der Waals surface area contributed by atoms with Gasteiger partial charge in [-0.05, 0) is 48.9 Å². The zero-order chi connectivity index (χ0) is 29.1. The third-order valence-corrected chi connectivity index (χ3v) is 11.4. The fourth-order valence-electron chi connectivity index (χ4n) is 5.38. The minimum absolute atomic E-state index is 0. The fourth-order valence-corrected chi connectivity index (χ4v) is 8.92. The van der Waals surface area contributed by atoms with Crippen LogP contribution in [0, 0.1) is 24.8 Å². The Kier molecular flexibility index (Phi) is 11.1. The first-order valence-electron chi connectivity index (χ1n) is 14.4. The van der Waals surface area contributed by atoms with E-state index in [9.17, 15) is 9.90 Å². The topological polar surface area (TPSA) is 50.2 Å². The van der Waals surface area contributed by atoms with Gasteiger partial charge in [0.05, 0.1) is 15.2 Å². The minimum atomic E-state index is 0. The largest absolute Gasteiger partial charge is 0.512 e. The van der Waals surface area contributed by atoms with Crippen molar-refractivity contribution in [1.82, 2.24) is 4.98 Å². The van der Waals surface area contributed by atoms with E-state index in [0.717, 1.165) is 36.3 Å². The van der Waals surface area contributed by atoms with Crippen LogP contribution >= 0.6 is 34.0 Å². The Bertz CT molecular complexity index is 1850. The number of fused-ring (bicyclic) bond motifs is 7. The molecule has 1 N–H and O–H groups in total. The van der Waals surface area contributed by atoms with Gasteiger partial charge in [0.1, 0.15) is 0 Å². The van der Waals surface area contributed by atoms with E-state index in [2.05, 4.69) is 60.8 Å². The van der Waals surface area contributed by atoms with Crippen LogP contribution in [-0.4, -0.2) is 15.9 Å². The number of pyridine rings is 1. The first kappa shape index (κ1) is 32.5. The van der Waals surface area contributed by atoms with Crippen molar-refractivity contribution < 1.29 is 30.0 Å².